The average Bonchev–Trinajstić information content (AvgIpc) is 3.12. The van der Waals surface area contributed by atoms with Gasteiger partial charge in [0, 0.05) is 29.9 Å². The molecule has 0 N–H and O–H groups in total. The van der Waals surface area contributed by atoms with E-state index in [-0.39, 0.29) is 12.5 Å². The first-order valence-corrected chi connectivity index (χ1v) is 8.05. The first kappa shape index (κ1) is 14.2. The Bertz CT molecular complexity index is 978. The van der Waals surface area contributed by atoms with E-state index >= 15 is 0 Å². The lowest BCUT2D eigenvalue weighted by Gasteiger charge is -2.24. The number of benzene rings is 2. The van der Waals surface area contributed by atoms with Crippen LogP contribution in [0.25, 0.3) is 0 Å². The molecular formula is C19H14N2O4. The van der Waals surface area contributed by atoms with E-state index in [0.29, 0.717) is 41.6 Å². The highest BCUT2D eigenvalue weighted by molar-refractivity contribution is 6.12. The minimum absolute atomic E-state index is 0.0966. The molecule has 5 rings (SSSR count). The Kier molecular flexibility index (Phi) is 2.65. The number of fused-ring (bicyclic) bond motifs is 5. The molecule has 6 heteroatoms. The monoisotopic (exact) mass is 334 g/mol. The highest BCUT2D eigenvalue weighted by atomic mass is 16.6. The van der Waals surface area contributed by atoms with Crippen LogP contribution in [0.15, 0.2) is 30.3 Å². The molecule has 1 spiro atoms. The van der Waals surface area contributed by atoms with Gasteiger partial charge in [-0.3, -0.25) is 4.79 Å². The zero-order valence-electron chi connectivity index (χ0n) is 13.5. The number of hydrogen-bond donors (Lipinski definition) is 0. The number of hydrogen-bond acceptors (Lipinski definition) is 5. The second-order valence-electron chi connectivity index (χ2n) is 6.36. The van der Waals surface area contributed by atoms with Crippen molar-refractivity contribution in [1.29, 1.82) is 5.26 Å². The largest absolute Gasteiger partial charge is 0.491 e. The van der Waals surface area contributed by atoms with Crippen LogP contribution in [0.4, 0.5) is 5.69 Å². The Hall–Kier alpha value is -3.20. The van der Waals surface area contributed by atoms with Crippen LogP contribution >= 0.6 is 0 Å². The van der Waals surface area contributed by atoms with Gasteiger partial charge in [-0.2, -0.15) is 5.26 Å². The van der Waals surface area contributed by atoms with Gasteiger partial charge in [0.05, 0.1) is 11.6 Å². The Balaban J connectivity index is 1.81. The van der Waals surface area contributed by atoms with Crippen molar-refractivity contribution in [3.8, 4) is 23.3 Å². The summed E-state index contributed by atoms with van der Waals surface area (Å²) in [6.45, 7) is 1.12. The molecule has 1 amide bonds. The molecule has 2 aromatic rings. The van der Waals surface area contributed by atoms with Gasteiger partial charge in [0.1, 0.15) is 31.0 Å². The normalized spacial score (nSPS) is 22.4. The quantitative estimate of drug-likeness (QED) is 0.737. The van der Waals surface area contributed by atoms with E-state index in [0.717, 1.165) is 11.3 Å². The topological polar surface area (TPSA) is 71.8 Å². The van der Waals surface area contributed by atoms with Crippen molar-refractivity contribution < 1.29 is 19.0 Å². The zero-order chi connectivity index (χ0) is 17.2. The molecule has 0 saturated carbocycles. The maximum atomic E-state index is 13.2. The summed E-state index contributed by atoms with van der Waals surface area (Å²) in [6.07, 6.45) is 0. The first-order chi connectivity index (χ1) is 12.2. The Labute approximate surface area is 144 Å². The maximum absolute atomic E-state index is 13.2. The third-order valence-corrected chi connectivity index (χ3v) is 5.17. The number of carbonyl (C=O) groups excluding carboxylic acids is 1. The summed E-state index contributed by atoms with van der Waals surface area (Å²) in [4.78, 5) is 14.9. The van der Waals surface area contributed by atoms with E-state index < -0.39 is 5.41 Å². The summed E-state index contributed by atoms with van der Waals surface area (Å²) in [7, 11) is 1.73. The molecule has 0 radical (unpaired) electrons. The minimum atomic E-state index is -1.01. The lowest BCUT2D eigenvalue weighted by molar-refractivity contribution is -0.121. The van der Waals surface area contributed by atoms with Crippen LogP contribution in [0.5, 0.6) is 17.2 Å². The fourth-order valence-corrected chi connectivity index (χ4v) is 4.03. The fraction of sp³-hybridized carbons (Fsp3) is 0.263. The third kappa shape index (κ3) is 1.60. The second-order valence-corrected chi connectivity index (χ2v) is 6.36. The van der Waals surface area contributed by atoms with E-state index in [4.69, 9.17) is 14.2 Å². The summed E-state index contributed by atoms with van der Waals surface area (Å²) in [5.41, 5.74) is 1.66. The van der Waals surface area contributed by atoms with Crippen LogP contribution in [0, 0.1) is 11.3 Å². The van der Waals surface area contributed by atoms with Gasteiger partial charge in [0.2, 0.25) is 5.91 Å². The van der Waals surface area contributed by atoms with Crippen LogP contribution in [0.1, 0.15) is 16.7 Å². The van der Waals surface area contributed by atoms with Gasteiger partial charge in [-0.25, -0.2) is 0 Å². The lowest BCUT2D eigenvalue weighted by Crippen LogP contribution is -2.41. The SMILES string of the molecule is CN1C(=O)C2(COc3cc4c(cc32)OCCO4)c2c(C#N)cccc21. The Morgan fingerprint density at radius 1 is 1.12 bits per heavy atom. The molecule has 3 aliphatic rings. The number of ether oxygens (including phenoxy) is 3. The van der Waals surface area contributed by atoms with E-state index in [1.165, 1.54) is 0 Å². The van der Waals surface area contributed by atoms with Gasteiger partial charge in [-0.05, 0) is 18.2 Å². The third-order valence-electron chi connectivity index (χ3n) is 5.17. The van der Waals surface area contributed by atoms with E-state index in [1.54, 1.807) is 30.1 Å². The molecule has 3 heterocycles. The highest BCUT2D eigenvalue weighted by Crippen LogP contribution is 2.55. The van der Waals surface area contributed by atoms with Crippen molar-refractivity contribution in [2.24, 2.45) is 0 Å². The van der Waals surface area contributed by atoms with E-state index in [2.05, 4.69) is 6.07 Å². The molecule has 0 aromatic heterocycles. The molecule has 6 nitrogen and oxygen atoms in total. The molecule has 1 unspecified atom stereocenters. The van der Waals surface area contributed by atoms with Gasteiger partial charge in [0.25, 0.3) is 0 Å². The van der Waals surface area contributed by atoms with Crippen LogP contribution < -0.4 is 19.1 Å². The maximum Gasteiger partial charge on any atom is 0.245 e. The van der Waals surface area contributed by atoms with Gasteiger partial charge in [0.15, 0.2) is 11.5 Å². The summed E-state index contributed by atoms with van der Waals surface area (Å²) < 4.78 is 17.2. The van der Waals surface area contributed by atoms with Gasteiger partial charge < -0.3 is 19.1 Å². The number of nitriles is 1. The van der Waals surface area contributed by atoms with E-state index in [9.17, 15) is 10.1 Å². The lowest BCUT2D eigenvalue weighted by atomic mass is 9.75. The summed E-state index contributed by atoms with van der Waals surface area (Å²) in [6, 6.07) is 11.2. The smallest absolute Gasteiger partial charge is 0.245 e. The van der Waals surface area contributed by atoms with Gasteiger partial charge in [-0.1, -0.05) is 6.07 Å². The van der Waals surface area contributed by atoms with Crippen molar-refractivity contribution in [3.05, 3.63) is 47.0 Å². The number of amides is 1. The highest BCUT2D eigenvalue weighted by Gasteiger charge is 2.57. The van der Waals surface area contributed by atoms with E-state index in [1.807, 2.05) is 12.1 Å². The molecule has 3 aliphatic heterocycles. The molecule has 0 fully saturated rings. The number of anilines is 1. The van der Waals surface area contributed by atoms with Crippen LogP contribution in [0.3, 0.4) is 0 Å². The average molecular weight is 334 g/mol. The molecule has 0 saturated heterocycles. The first-order valence-electron chi connectivity index (χ1n) is 8.05. The minimum Gasteiger partial charge on any atom is -0.491 e. The molecule has 25 heavy (non-hydrogen) atoms. The fourth-order valence-electron chi connectivity index (χ4n) is 4.03. The second kappa shape index (κ2) is 4.67. The van der Waals surface area contributed by atoms with Crippen molar-refractivity contribution in [2.45, 2.75) is 5.41 Å². The van der Waals surface area contributed by atoms with Gasteiger partial charge in [-0.15, -0.1) is 0 Å². The predicted molar refractivity (Wildman–Crippen MR) is 88.3 cm³/mol. The standard InChI is InChI=1S/C19H14N2O4/c1-21-13-4-2-3-11(9-20)17(13)19(18(21)22)10-25-14-8-16-15(7-12(14)19)23-5-6-24-16/h2-4,7-8H,5-6,10H2,1H3. The number of carbonyl (C=O) groups is 1. The Morgan fingerprint density at radius 3 is 2.64 bits per heavy atom. The molecule has 0 aliphatic carbocycles. The zero-order valence-corrected chi connectivity index (χ0v) is 13.5. The number of rotatable bonds is 0. The predicted octanol–water partition coefficient (Wildman–Crippen LogP) is 1.98. The number of nitrogens with zero attached hydrogens (tertiary/aromatic N) is 2. The molecule has 1 atom stereocenters. The number of likely N-dealkylation sites (N-methyl/N-ethyl adjacent to an activating group) is 1. The van der Waals surface area contributed by atoms with Crippen LogP contribution in [-0.4, -0.2) is 32.8 Å². The van der Waals surface area contributed by atoms with Crippen molar-refractivity contribution >= 4 is 11.6 Å². The van der Waals surface area contributed by atoms with Crippen molar-refractivity contribution in [2.75, 3.05) is 31.8 Å². The molecule has 2 aromatic carbocycles. The van der Waals surface area contributed by atoms with Crippen molar-refractivity contribution in [1.82, 2.24) is 0 Å². The molecule has 0 bridgehead atoms. The van der Waals surface area contributed by atoms with Crippen LogP contribution in [-0.2, 0) is 10.2 Å². The van der Waals surface area contributed by atoms with Crippen molar-refractivity contribution in [3.63, 3.8) is 0 Å². The molecule has 124 valence electrons. The molecular weight excluding hydrogens is 320 g/mol. The summed E-state index contributed by atoms with van der Waals surface area (Å²) >= 11 is 0. The Morgan fingerprint density at radius 2 is 1.88 bits per heavy atom. The summed E-state index contributed by atoms with van der Waals surface area (Å²) in [5, 5.41) is 9.59. The van der Waals surface area contributed by atoms with Crippen LogP contribution in [0.2, 0.25) is 0 Å². The summed E-state index contributed by atoms with van der Waals surface area (Å²) in [5.74, 6) is 1.73. The van der Waals surface area contributed by atoms with Gasteiger partial charge >= 0.3 is 0 Å².